The standard InChI is InChI=1S/C11H18N2O3/c1-4-6-9(15-3)11-12-10(16-13-11)7-8(14)5-2/h9H,4-7H2,1-3H3. The van der Waals surface area contributed by atoms with Crippen LogP contribution in [-0.4, -0.2) is 23.0 Å². The van der Waals surface area contributed by atoms with Crippen LogP contribution in [0.2, 0.25) is 0 Å². The van der Waals surface area contributed by atoms with Crippen LogP contribution < -0.4 is 0 Å². The molecule has 1 heterocycles. The lowest BCUT2D eigenvalue weighted by atomic mass is 10.2. The van der Waals surface area contributed by atoms with Crippen molar-refractivity contribution in [3.63, 3.8) is 0 Å². The van der Waals surface area contributed by atoms with E-state index in [4.69, 9.17) is 9.26 Å². The van der Waals surface area contributed by atoms with Gasteiger partial charge < -0.3 is 9.26 Å². The smallest absolute Gasteiger partial charge is 0.234 e. The fourth-order valence-electron chi connectivity index (χ4n) is 1.38. The number of hydrogen-bond donors (Lipinski definition) is 0. The monoisotopic (exact) mass is 226 g/mol. The van der Waals surface area contributed by atoms with Gasteiger partial charge in [-0.3, -0.25) is 4.79 Å². The highest BCUT2D eigenvalue weighted by Gasteiger charge is 2.17. The summed E-state index contributed by atoms with van der Waals surface area (Å²) in [6.07, 6.45) is 2.39. The number of aromatic nitrogens is 2. The lowest BCUT2D eigenvalue weighted by Gasteiger charge is -2.08. The van der Waals surface area contributed by atoms with Crippen LogP contribution in [0, 0.1) is 0 Å². The van der Waals surface area contributed by atoms with E-state index in [9.17, 15) is 4.79 Å². The highest BCUT2D eigenvalue weighted by Crippen LogP contribution is 2.18. The zero-order valence-corrected chi connectivity index (χ0v) is 10.0. The van der Waals surface area contributed by atoms with Gasteiger partial charge in [0.25, 0.3) is 0 Å². The molecule has 0 N–H and O–H groups in total. The highest BCUT2D eigenvalue weighted by atomic mass is 16.5. The van der Waals surface area contributed by atoms with Gasteiger partial charge >= 0.3 is 0 Å². The van der Waals surface area contributed by atoms with Crippen LogP contribution in [0.25, 0.3) is 0 Å². The number of ether oxygens (including phenoxy) is 1. The molecule has 1 atom stereocenters. The second-order valence-corrected chi connectivity index (χ2v) is 3.63. The summed E-state index contributed by atoms with van der Waals surface area (Å²) in [5.41, 5.74) is 0. The second kappa shape index (κ2) is 6.37. The first-order valence-corrected chi connectivity index (χ1v) is 5.58. The summed E-state index contributed by atoms with van der Waals surface area (Å²) in [5.74, 6) is 1.00. The number of ketones is 1. The minimum absolute atomic E-state index is 0.0969. The van der Waals surface area contributed by atoms with Crippen molar-refractivity contribution >= 4 is 5.78 Å². The molecule has 0 saturated heterocycles. The number of hydrogen-bond acceptors (Lipinski definition) is 5. The molecule has 1 unspecified atom stereocenters. The number of Topliss-reactive ketones (excluding diaryl/α,β-unsaturated/α-hetero) is 1. The SMILES string of the molecule is CCCC(OC)c1noc(CC(=O)CC)n1. The maximum absolute atomic E-state index is 11.2. The molecule has 90 valence electrons. The van der Waals surface area contributed by atoms with Gasteiger partial charge in [-0.25, -0.2) is 0 Å². The molecule has 0 spiro atoms. The van der Waals surface area contributed by atoms with Crippen molar-refractivity contribution in [2.24, 2.45) is 0 Å². The van der Waals surface area contributed by atoms with E-state index in [0.717, 1.165) is 12.8 Å². The van der Waals surface area contributed by atoms with E-state index in [1.54, 1.807) is 7.11 Å². The van der Waals surface area contributed by atoms with Crippen molar-refractivity contribution in [1.29, 1.82) is 0 Å². The van der Waals surface area contributed by atoms with Crippen molar-refractivity contribution < 1.29 is 14.1 Å². The Kier molecular flexibility index (Phi) is 5.11. The normalized spacial score (nSPS) is 12.7. The number of carbonyl (C=O) groups excluding carboxylic acids is 1. The molecule has 1 aromatic heterocycles. The lowest BCUT2D eigenvalue weighted by molar-refractivity contribution is -0.118. The fraction of sp³-hybridized carbons (Fsp3) is 0.727. The van der Waals surface area contributed by atoms with Gasteiger partial charge in [0.05, 0.1) is 6.42 Å². The molecule has 5 heteroatoms. The van der Waals surface area contributed by atoms with Gasteiger partial charge in [0, 0.05) is 13.5 Å². The quantitative estimate of drug-likeness (QED) is 0.712. The summed E-state index contributed by atoms with van der Waals surface area (Å²) in [7, 11) is 1.62. The Bertz CT molecular complexity index is 336. The lowest BCUT2D eigenvalue weighted by Crippen LogP contribution is -2.04. The molecular weight excluding hydrogens is 208 g/mol. The number of carbonyl (C=O) groups is 1. The van der Waals surface area contributed by atoms with Crippen molar-refractivity contribution in [3.05, 3.63) is 11.7 Å². The van der Waals surface area contributed by atoms with E-state index in [1.807, 2.05) is 6.92 Å². The highest BCUT2D eigenvalue weighted by molar-refractivity contribution is 5.79. The largest absolute Gasteiger partial charge is 0.373 e. The molecule has 0 saturated carbocycles. The maximum atomic E-state index is 11.2. The first-order chi connectivity index (χ1) is 7.71. The van der Waals surface area contributed by atoms with Crippen molar-refractivity contribution in [3.8, 4) is 0 Å². The Morgan fingerprint density at radius 1 is 1.50 bits per heavy atom. The van der Waals surface area contributed by atoms with Crippen LogP contribution in [0.5, 0.6) is 0 Å². The molecule has 0 amide bonds. The summed E-state index contributed by atoms with van der Waals surface area (Å²) in [4.78, 5) is 15.4. The number of rotatable bonds is 7. The van der Waals surface area contributed by atoms with Gasteiger partial charge in [0.2, 0.25) is 11.7 Å². The first kappa shape index (κ1) is 12.8. The van der Waals surface area contributed by atoms with Crippen molar-refractivity contribution in [1.82, 2.24) is 10.1 Å². The molecular formula is C11H18N2O3. The third kappa shape index (κ3) is 3.41. The van der Waals surface area contributed by atoms with Crippen LogP contribution in [-0.2, 0) is 16.0 Å². The van der Waals surface area contributed by atoms with Gasteiger partial charge in [0.15, 0.2) is 0 Å². The third-order valence-electron chi connectivity index (χ3n) is 2.35. The molecule has 0 fully saturated rings. The van der Waals surface area contributed by atoms with E-state index in [2.05, 4.69) is 17.1 Å². The predicted molar refractivity (Wildman–Crippen MR) is 58.0 cm³/mol. The Labute approximate surface area is 95.2 Å². The molecule has 0 radical (unpaired) electrons. The van der Waals surface area contributed by atoms with Crippen LogP contribution >= 0.6 is 0 Å². The minimum Gasteiger partial charge on any atom is -0.373 e. The predicted octanol–water partition coefficient (Wildman–Crippen LogP) is 2.08. The van der Waals surface area contributed by atoms with E-state index in [-0.39, 0.29) is 18.3 Å². The van der Waals surface area contributed by atoms with E-state index < -0.39 is 0 Å². The first-order valence-electron chi connectivity index (χ1n) is 5.58. The molecule has 0 aliphatic carbocycles. The summed E-state index contributed by atoms with van der Waals surface area (Å²) < 4.78 is 10.3. The summed E-state index contributed by atoms with van der Waals surface area (Å²) in [6.45, 7) is 3.88. The van der Waals surface area contributed by atoms with Gasteiger partial charge in [-0.1, -0.05) is 25.4 Å². The van der Waals surface area contributed by atoms with Crippen molar-refractivity contribution in [2.45, 2.75) is 45.6 Å². The molecule has 0 aliphatic rings. The Morgan fingerprint density at radius 3 is 2.81 bits per heavy atom. The van der Waals surface area contributed by atoms with Gasteiger partial charge in [-0.2, -0.15) is 4.98 Å². The van der Waals surface area contributed by atoms with Crippen molar-refractivity contribution in [2.75, 3.05) is 7.11 Å². The third-order valence-corrected chi connectivity index (χ3v) is 2.35. The fourth-order valence-corrected chi connectivity index (χ4v) is 1.38. The van der Waals surface area contributed by atoms with Crippen LogP contribution in [0.3, 0.4) is 0 Å². The van der Waals surface area contributed by atoms with E-state index in [0.29, 0.717) is 18.1 Å². The molecule has 5 nitrogen and oxygen atoms in total. The molecule has 0 aliphatic heterocycles. The number of nitrogens with zero attached hydrogens (tertiary/aromatic N) is 2. The Hall–Kier alpha value is -1.23. The molecule has 1 rings (SSSR count). The Balaban J connectivity index is 2.65. The molecule has 1 aromatic rings. The van der Waals surface area contributed by atoms with Gasteiger partial charge in [-0.05, 0) is 6.42 Å². The number of methoxy groups -OCH3 is 1. The average Bonchev–Trinajstić information content (AvgIpc) is 2.74. The minimum atomic E-state index is -0.140. The summed E-state index contributed by atoms with van der Waals surface area (Å²) >= 11 is 0. The van der Waals surface area contributed by atoms with E-state index in [1.165, 1.54) is 0 Å². The molecule has 16 heavy (non-hydrogen) atoms. The van der Waals surface area contributed by atoms with Crippen LogP contribution in [0.4, 0.5) is 0 Å². The second-order valence-electron chi connectivity index (χ2n) is 3.63. The zero-order valence-electron chi connectivity index (χ0n) is 10.0. The zero-order chi connectivity index (χ0) is 12.0. The summed E-state index contributed by atoms with van der Waals surface area (Å²) in [6, 6.07) is 0. The summed E-state index contributed by atoms with van der Waals surface area (Å²) in [5, 5.41) is 3.83. The molecule has 0 bridgehead atoms. The maximum Gasteiger partial charge on any atom is 0.234 e. The average molecular weight is 226 g/mol. The van der Waals surface area contributed by atoms with E-state index >= 15 is 0 Å². The topological polar surface area (TPSA) is 65.2 Å². The Morgan fingerprint density at radius 2 is 2.25 bits per heavy atom. The molecule has 0 aromatic carbocycles. The van der Waals surface area contributed by atoms with Gasteiger partial charge in [-0.15, -0.1) is 0 Å². The van der Waals surface area contributed by atoms with Crippen LogP contribution in [0.1, 0.15) is 50.9 Å². The van der Waals surface area contributed by atoms with Crippen LogP contribution in [0.15, 0.2) is 4.52 Å². The van der Waals surface area contributed by atoms with Gasteiger partial charge in [0.1, 0.15) is 11.9 Å².